The van der Waals surface area contributed by atoms with Crippen molar-refractivity contribution in [3.63, 3.8) is 0 Å². The summed E-state index contributed by atoms with van der Waals surface area (Å²) in [6, 6.07) is 8.04. The van der Waals surface area contributed by atoms with Gasteiger partial charge in [-0.25, -0.2) is 0 Å². The number of morpholine rings is 1. The van der Waals surface area contributed by atoms with Crippen molar-refractivity contribution >= 4 is 23.2 Å². The summed E-state index contributed by atoms with van der Waals surface area (Å²) in [6.45, 7) is 4.77. The van der Waals surface area contributed by atoms with Gasteiger partial charge in [0.1, 0.15) is 0 Å². The molecular formula is C20H27N3O3. The highest BCUT2D eigenvalue weighted by Crippen LogP contribution is 2.32. The molecule has 6 nitrogen and oxygen atoms in total. The number of ether oxygens (including phenoxy) is 1. The molecule has 26 heavy (non-hydrogen) atoms. The molecule has 0 aromatic heterocycles. The molecule has 1 N–H and O–H groups in total. The van der Waals surface area contributed by atoms with E-state index in [4.69, 9.17) is 4.74 Å². The third-order valence-electron chi connectivity index (χ3n) is 5.62. The minimum atomic E-state index is -0.00262. The second-order valence-corrected chi connectivity index (χ2v) is 7.51. The molecule has 2 aliphatic heterocycles. The Morgan fingerprint density at radius 3 is 2.15 bits per heavy atom. The molecule has 1 saturated carbocycles. The monoisotopic (exact) mass is 357 g/mol. The van der Waals surface area contributed by atoms with Crippen molar-refractivity contribution in [3.8, 4) is 0 Å². The second-order valence-electron chi connectivity index (χ2n) is 7.51. The van der Waals surface area contributed by atoms with Crippen LogP contribution in [0.15, 0.2) is 24.3 Å². The van der Waals surface area contributed by atoms with Crippen LogP contribution in [0.25, 0.3) is 0 Å². The van der Waals surface area contributed by atoms with Gasteiger partial charge in [0.25, 0.3) is 0 Å². The van der Waals surface area contributed by atoms with E-state index in [0.29, 0.717) is 19.0 Å². The summed E-state index contributed by atoms with van der Waals surface area (Å²) >= 11 is 0. The van der Waals surface area contributed by atoms with Crippen LogP contribution in [0.3, 0.4) is 0 Å². The number of carbonyl (C=O) groups is 2. The van der Waals surface area contributed by atoms with Crippen LogP contribution in [0.4, 0.5) is 11.4 Å². The van der Waals surface area contributed by atoms with E-state index in [0.717, 1.165) is 63.4 Å². The van der Waals surface area contributed by atoms with Crippen LogP contribution in [-0.2, 0) is 14.3 Å². The zero-order valence-corrected chi connectivity index (χ0v) is 15.2. The highest BCUT2D eigenvalue weighted by molar-refractivity contribution is 5.93. The maximum absolute atomic E-state index is 12.5. The molecule has 2 heterocycles. The summed E-state index contributed by atoms with van der Waals surface area (Å²) in [5.74, 6) is 0.632. The lowest BCUT2D eigenvalue weighted by molar-refractivity contribution is -0.135. The number of amides is 2. The van der Waals surface area contributed by atoms with Crippen molar-refractivity contribution < 1.29 is 14.3 Å². The van der Waals surface area contributed by atoms with Crippen molar-refractivity contribution in [1.82, 2.24) is 4.90 Å². The SMILES string of the molecule is O=C(Nc1ccc(N2CCOCC2)cc1)C1CCN(C(=O)C2CC2)CC1. The van der Waals surface area contributed by atoms with E-state index in [2.05, 4.69) is 22.3 Å². The molecule has 3 fully saturated rings. The van der Waals surface area contributed by atoms with Crippen LogP contribution >= 0.6 is 0 Å². The molecule has 3 aliphatic rings. The Morgan fingerprint density at radius 1 is 0.885 bits per heavy atom. The molecule has 0 bridgehead atoms. The molecule has 0 radical (unpaired) electrons. The van der Waals surface area contributed by atoms with Crippen molar-refractivity contribution in [2.45, 2.75) is 25.7 Å². The van der Waals surface area contributed by atoms with Crippen molar-refractivity contribution in [2.75, 3.05) is 49.6 Å². The summed E-state index contributed by atoms with van der Waals surface area (Å²) in [4.78, 5) is 28.9. The molecule has 2 saturated heterocycles. The fourth-order valence-electron chi connectivity index (χ4n) is 3.77. The van der Waals surface area contributed by atoms with E-state index in [-0.39, 0.29) is 17.7 Å². The molecule has 0 atom stereocenters. The summed E-state index contributed by atoms with van der Waals surface area (Å²) < 4.78 is 5.38. The van der Waals surface area contributed by atoms with Gasteiger partial charge in [-0.05, 0) is 49.9 Å². The number of likely N-dealkylation sites (tertiary alicyclic amines) is 1. The van der Waals surface area contributed by atoms with Crippen LogP contribution in [-0.4, -0.2) is 56.1 Å². The van der Waals surface area contributed by atoms with Gasteiger partial charge < -0.3 is 19.9 Å². The predicted molar refractivity (Wildman–Crippen MR) is 100 cm³/mol. The summed E-state index contributed by atoms with van der Waals surface area (Å²) in [6.07, 6.45) is 3.60. The first-order valence-corrected chi connectivity index (χ1v) is 9.73. The number of piperidine rings is 1. The van der Waals surface area contributed by atoms with Gasteiger partial charge in [0.15, 0.2) is 0 Å². The molecule has 0 unspecified atom stereocenters. The van der Waals surface area contributed by atoms with Crippen LogP contribution in [0.2, 0.25) is 0 Å². The number of benzene rings is 1. The fraction of sp³-hybridized carbons (Fsp3) is 0.600. The van der Waals surface area contributed by atoms with E-state index >= 15 is 0 Å². The van der Waals surface area contributed by atoms with Crippen molar-refractivity contribution in [3.05, 3.63) is 24.3 Å². The zero-order chi connectivity index (χ0) is 17.9. The van der Waals surface area contributed by atoms with E-state index in [9.17, 15) is 9.59 Å². The third-order valence-corrected chi connectivity index (χ3v) is 5.62. The topological polar surface area (TPSA) is 61.9 Å². The number of anilines is 2. The molecule has 0 spiro atoms. The predicted octanol–water partition coefficient (Wildman–Crippen LogP) is 2.11. The van der Waals surface area contributed by atoms with Gasteiger partial charge in [0, 0.05) is 49.4 Å². The van der Waals surface area contributed by atoms with Crippen molar-refractivity contribution in [2.24, 2.45) is 11.8 Å². The Bertz CT molecular complexity index is 643. The molecule has 4 rings (SSSR count). The Labute approximate surface area is 154 Å². The van der Waals surface area contributed by atoms with Crippen LogP contribution in [0.5, 0.6) is 0 Å². The van der Waals surface area contributed by atoms with Gasteiger partial charge in [-0.2, -0.15) is 0 Å². The normalized spacial score (nSPS) is 21.5. The van der Waals surface area contributed by atoms with E-state index in [1.807, 2.05) is 17.0 Å². The maximum Gasteiger partial charge on any atom is 0.227 e. The number of hydrogen-bond acceptors (Lipinski definition) is 4. The third kappa shape index (κ3) is 4.01. The van der Waals surface area contributed by atoms with E-state index < -0.39 is 0 Å². The molecule has 6 heteroatoms. The summed E-state index contributed by atoms with van der Waals surface area (Å²) in [5, 5.41) is 3.04. The number of carbonyl (C=O) groups excluding carboxylic acids is 2. The van der Waals surface area contributed by atoms with Gasteiger partial charge in [-0.1, -0.05) is 0 Å². The second kappa shape index (κ2) is 7.66. The Balaban J connectivity index is 1.27. The summed E-state index contributed by atoms with van der Waals surface area (Å²) in [7, 11) is 0. The smallest absolute Gasteiger partial charge is 0.227 e. The molecule has 1 aliphatic carbocycles. The number of nitrogens with one attached hydrogen (secondary N) is 1. The van der Waals surface area contributed by atoms with E-state index in [1.165, 1.54) is 0 Å². The van der Waals surface area contributed by atoms with E-state index in [1.54, 1.807) is 0 Å². The van der Waals surface area contributed by atoms with Crippen LogP contribution < -0.4 is 10.2 Å². The first-order chi connectivity index (χ1) is 12.7. The minimum Gasteiger partial charge on any atom is -0.378 e. The first kappa shape index (κ1) is 17.3. The highest BCUT2D eigenvalue weighted by atomic mass is 16.5. The Kier molecular flexibility index (Phi) is 5.11. The Hall–Kier alpha value is -2.08. The molecule has 2 amide bonds. The first-order valence-electron chi connectivity index (χ1n) is 9.73. The van der Waals surface area contributed by atoms with Crippen LogP contribution in [0.1, 0.15) is 25.7 Å². The van der Waals surface area contributed by atoms with Crippen LogP contribution in [0, 0.1) is 11.8 Å². The molecule has 1 aromatic rings. The maximum atomic E-state index is 12.5. The average Bonchev–Trinajstić information content (AvgIpc) is 3.54. The molecule has 140 valence electrons. The molecular weight excluding hydrogens is 330 g/mol. The van der Waals surface area contributed by atoms with Gasteiger partial charge >= 0.3 is 0 Å². The quantitative estimate of drug-likeness (QED) is 0.897. The van der Waals surface area contributed by atoms with Gasteiger partial charge in [0.2, 0.25) is 11.8 Å². The summed E-state index contributed by atoms with van der Waals surface area (Å²) in [5.41, 5.74) is 2.00. The lowest BCUT2D eigenvalue weighted by atomic mass is 9.95. The number of hydrogen-bond donors (Lipinski definition) is 1. The lowest BCUT2D eigenvalue weighted by Crippen LogP contribution is -2.42. The van der Waals surface area contributed by atoms with Gasteiger partial charge in [-0.3, -0.25) is 9.59 Å². The average molecular weight is 357 g/mol. The highest BCUT2D eigenvalue weighted by Gasteiger charge is 2.35. The fourth-order valence-corrected chi connectivity index (χ4v) is 3.77. The largest absolute Gasteiger partial charge is 0.378 e. The number of nitrogens with zero attached hydrogens (tertiary/aromatic N) is 2. The van der Waals surface area contributed by atoms with Gasteiger partial charge in [0.05, 0.1) is 13.2 Å². The minimum absolute atomic E-state index is 0.00262. The molecule has 1 aromatic carbocycles. The van der Waals surface area contributed by atoms with Crippen molar-refractivity contribution in [1.29, 1.82) is 0 Å². The van der Waals surface area contributed by atoms with Gasteiger partial charge in [-0.15, -0.1) is 0 Å². The Morgan fingerprint density at radius 2 is 1.54 bits per heavy atom. The lowest BCUT2D eigenvalue weighted by Gasteiger charge is -2.31. The zero-order valence-electron chi connectivity index (χ0n) is 15.2. The standard InChI is InChI=1S/C20H27N3O3/c24-19(15-7-9-23(10-8-15)20(25)16-1-2-16)21-17-3-5-18(6-4-17)22-11-13-26-14-12-22/h3-6,15-16H,1-2,7-14H2,(H,21,24). The number of rotatable bonds is 4.